The summed E-state index contributed by atoms with van der Waals surface area (Å²) >= 11 is 0. The Morgan fingerprint density at radius 3 is 2.79 bits per heavy atom. The molecule has 2 heterocycles. The molecule has 5 heteroatoms. The van der Waals surface area contributed by atoms with E-state index in [2.05, 4.69) is 42.2 Å². The number of carbonyl (C=O) groups is 1. The summed E-state index contributed by atoms with van der Waals surface area (Å²) in [7, 11) is 2.18. The van der Waals surface area contributed by atoms with Gasteiger partial charge in [0.15, 0.2) is 0 Å². The molecule has 1 aliphatic rings. The van der Waals surface area contributed by atoms with Gasteiger partial charge in [-0.2, -0.15) is 0 Å². The number of imidazole rings is 1. The summed E-state index contributed by atoms with van der Waals surface area (Å²) in [6, 6.07) is 4.08. The van der Waals surface area contributed by atoms with E-state index in [0.29, 0.717) is 12.5 Å². The molecule has 24 heavy (non-hydrogen) atoms. The number of nitrogens with one attached hydrogen (secondary N) is 1. The monoisotopic (exact) mass is 328 g/mol. The fourth-order valence-electron chi connectivity index (χ4n) is 3.64. The zero-order valence-corrected chi connectivity index (χ0v) is 15.0. The number of likely N-dealkylation sites (tertiary alicyclic amines) is 1. The molecule has 130 valence electrons. The van der Waals surface area contributed by atoms with Crippen LogP contribution in [-0.2, 0) is 0 Å². The first kappa shape index (κ1) is 17.0. The van der Waals surface area contributed by atoms with E-state index in [1.807, 2.05) is 6.07 Å². The van der Waals surface area contributed by atoms with E-state index in [1.165, 1.54) is 11.1 Å². The highest BCUT2D eigenvalue weighted by molar-refractivity contribution is 5.91. The van der Waals surface area contributed by atoms with Gasteiger partial charge in [0.05, 0.1) is 11.0 Å². The Kier molecular flexibility index (Phi) is 5.19. The number of hydrogen-bond donors (Lipinski definition) is 1. The zero-order valence-electron chi connectivity index (χ0n) is 15.0. The van der Waals surface area contributed by atoms with Crippen molar-refractivity contribution in [2.75, 3.05) is 26.7 Å². The average molecular weight is 328 g/mol. The minimum atomic E-state index is -0.0795. The zero-order chi connectivity index (χ0) is 17.1. The van der Waals surface area contributed by atoms with Crippen molar-refractivity contribution in [3.8, 4) is 0 Å². The van der Waals surface area contributed by atoms with Crippen LogP contribution in [-0.4, -0.2) is 47.2 Å². The maximum atomic E-state index is 12.4. The number of amides is 1. The molecule has 3 rings (SSSR count). The standard InChI is InChI=1S/C19H28N4O/c1-4-5-10-20-19(24)23-13-21-18-16(23)7-6-14(2)17(18)15-8-11-22(3)12-9-15/h6-7,13,15H,4-5,8-12H2,1-3H3,(H,20,24). The van der Waals surface area contributed by atoms with Gasteiger partial charge in [0.2, 0.25) is 0 Å². The van der Waals surface area contributed by atoms with Gasteiger partial charge in [-0.25, -0.2) is 9.78 Å². The second kappa shape index (κ2) is 7.34. The molecule has 1 fully saturated rings. The lowest BCUT2D eigenvalue weighted by molar-refractivity contribution is 0.243. The summed E-state index contributed by atoms with van der Waals surface area (Å²) in [5.74, 6) is 0.538. The quantitative estimate of drug-likeness (QED) is 0.874. The van der Waals surface area contributed by atoms with E-state index in [9.17, 15) is 4.79 Å². The van der Waals surface area contributed by atoms with Crippen LogP contribution in [0.4, 0.5) is 4.79 Å². The van der Waals surface area contributed by atoms with E-state index >= 15 is 0 Å². The van der Waals surface area contributed by atoms with Crippen molar-refractivity contribution in [1.82, 2.24) is 19.8 Å². The van der Waals surface area contributed by atoms with Gasteiger partial charge < -0.3 is 10.2 Å². The van der Waals surface area contributed by atoms with Crippen molar-refractivity contribution in [1.29, 1.82) is 0 Å². The molecule has 0 unspecified atom stereocenters. The molecule has 2 aromatic rings. The Morgan fingerprint density at radius 2 is 2.08 bits per heavy atom. The van der Waals surface area contributed by atoms with Gasteiger partial charge >= 0.3 is 6.03 Å². The Labute approximate surface area is 144 Å². The van der Waals surface area contributed by atoms with Crippen LogP contribution in [0.25, 0.3) is 11.0 Å². The molecule has 0 spiro atoms. The van der Waals surface area contributed by atoms with Crippen LogP contribution in [0.5, 0.6) is 0 Å². The van der Waals surface area contributed by atoms with Gasteiger partial charge in [0.25, 0.3) is 0 Å². The predicted molar refractivity (Wildman–Crippen MR) is 97.6 cm³/mol. The van der Waals surface area contributed by atoms with Crippen LogP contribution in [0.3, 0.4) is 0 Å². The van der Waals surface area contributed by atoms with Gasteiger partial charge in [0, 0.05) is 6.54 Å². The summed E-state index contributed by atoms with van der Waals surface area (Å²) in [5.41, 5.74) is 4.54. The topological polar surface area (TPSA) is 50.2 Å². The fraction of sp³-hybridized carbons (Fsp3) is 0.579. The minimum absolute atomic E-state index is 0.0795. The number of aromatic nitrogens is 2. The predicted octanol–water partition coefficient (Wildman–Crippen LogP) is 3.51. The largest absolute Gasteiger partial charge is 0.337 e. The van der Waals surface area contributed by atoms with Crippen molar-refractivity contribution in [2.24, 2.45) is 0 Å². The van der Waals surface area contributed by atoms with Crippen LogP contribution >= 0.6 is 0 Å². The van der Waals surface area contributed by atoms with E-state index in [1.54, 1.807) is 10.9 Å². The first-order chi connectivity index (χ1) is 11.6. The Morgan fingerprint density at radius 1 is 1.33 bits per heavy atom. The Balaban J connectivity index is 1.90. The van der Waals surface area contributed by atoms with E-state index in [-0.39, 0.29) is 6.03 Å². The Bertz CT molecular complexity index is 713. The molecular formula is C19H28N4O. The number of aryl methyl sites for hydroxylation is 1. The van der Waals surface area contributed by atoms with Crippen LogP contribution in [0.15, 0.2) is 18.5 Å². The Hall–Kier alpha value is -1.88. The number of fused-ring (bicyclic) bond motifs is 1. The van der Waals surface area contributed by atoms with Gasteiger partial charge in [-0.1, -0.05) is 19.4 Å². The highest BCUT2D eigenvalue weighted by Crippen LogP contribution is 2.34. The maximum absolute atomic E-state index is 12.4. The first-order valence-corrected chi connectivity index (χ1v) is 9.05. The number of carbonyl (C=O) groups excluding carboxylic acids is 1. The molecule has 1 saturated heterocycles. The molecular weight excluding hydrogens is 300 g/mol. The van der Waals surface area contributed by atoms with Crippen LogP contribution < -0.4 is 5.32 Å². The van der Waals surface area contributed by atoms with Crippen molar-refractivity contribution in [3.05, 3.63) is 29.6 Å². The van der Waals surface area contributed by atoms with E-state index in [4.69, 9.17) is 0 Å². The lowest BCUT2D eigenvalue weighted by atomic mass is 9.86. The average Bonchev–Trinajstić information content (AvgIpc) is 3.00. The van der Waals surface area contributed by atoms with Crippen molar-refractivity contribution < 1.29 is 4.79 Å². The van der Waals surface area contributed by atoms with Gasteiger partial charge in [-0.05, 0) is 69.4 Å². The molecule has 0 bridgehead atoms. The summed E-state index contributed by atoms with van der Waals surface area (Å²) < 4.78 is 1.66. The second-order valence-corrected chi connectivity index (χ2v) is 6.94. The first-order valence-electron chi connectivity index (χ1n) is 9.05. The van der Waals surface area contributed by atoms with Gasteiger partial charge in [-0.15, -0.1) is 0 Å². The second-order valence-electron chi connectivity index (χ2n) is 6.94. The normalized spacial score (nSPS) is 16.6. The van der Waals surface area contributed by atoms with Crippen LogP contribution in [0.2, 0.25) is 0 Å². The molecule has 1 aromatic carbocycles. The number of benzene rings is 1. The van der Waals surface area contributed by atoms with E-state index < -0.39 is 0 Å². The van der Waals surface area contributed by atoms with Crippen LogP contribution in [0, 0.1) is 6.92 Å². The van der Waals surface area contributed by atoms with Crippen molar-refractivity contribution >= 4 is 17.1 Å². The van der Waals surface area contributed by atoms with Crippen molar-refractivity contribution in [2.45, 2.75) is 45.4 Å². The minimum Gasteiger partial charge on any atom is -0.337 e. The van der Waals surface area contributed by atoms with Gasteiger partial charge in [0.1, 0.15) is 6.33 Å². The number of unbranched alkanes of at least 4 members (excludes halogenated alkanes) is 1. The number of hydrogen-bond acceptors (Lipinski definition) is 3. The molecule has 0 atom stereocenters. The summed E-state index contributed by atoms with van der Waals surface area (Å²) in [6.45, 7) is 7.24. The maximum Gasteiger partial charge on any atom is 0.327 e. The molecule has 1 aliphatic heterocycles. The van der Waals surface area contributed by atoms with Crippen molar-refractivity contribution in [3.63, 3.8) is 0 Å². The number of piperidine rings is 1. The van der Waals surface area contributed by atoms with Crippen LogP contribution in [0.1, 0.15) is 49.7 Å². The number of nitrogens with zero attached hydrogens (tertiary/aromatic N) is 3. The third-order valence-electron chi connectivity index (χ3n) is 5.13. The summed E-state index contributed by atoms with van der Waals surface area (Å²) in [5, 5.41) is 2.97. The molecule has 5 nitrogen and oxygen atoms in total. The summed E-state index contributed by atoms with van der Waals surface area (Å²) in [6.07, 6.45) is 6.06. The highest BCUT2D eigenvalue weighted by atomic mass is 16.2. The fourth-order valence-corrected chi connectivity index (χ4v) is 3.64. The molecule has 1 amide bonds. The SMILES string of the molecule is CCCCNC(=O)n1cnc2c(C3CCN(C)CC3)c(C)ccc21. The molecule has 0 radical (unpaired) electrons. The smallest absolute Gasteiger partial charge is 0.327 e. The third kappa shape index (κ3) is 3.31. The lowest BCUT2D eigenvalue weighted by Crippen LogP contribution is -2.29. The number of rotatable bonds is 4. The highest BCUT2D eigenvalue weighted by Gasteiger charge is 2.24. The van der Waals surface area contributed by atoms with E-state index in [0.717, 1.165) is 49.8 Å². The molecule has 0 saturated carbocycles. The molecule has 0 aliphatic carbocycles. The lowest BCUT2D eigenvalue weighted by Gasteiger charge is -2.30. The third-order valence-corrected chi connectivity index (χ3v) is 5.13. The molecule has 1 N–H and O–H groups in total. The molecule has 1 aromatic heterocycles. The van der Waals surface area contributed by atoms with Gasteiger partial charge in [-0.3, -0.25) is 4.57 Å². The summed E-state index contributed by atoms with van der Waals surface area (Å²) in [4.78, 5) is 19.4.